The molecule has 3 fully saturated rings. The number of hydrogen-bond donors (Lipinski definition) is 2. The number of carbonyl (C=O) groups is 2. The molecule has 130 valence electrons. The van der Waals surface area contributed by atoms with Crippen molar-refractivity contribution in [2.75, 3.05) is 26.3 Å². The van der Waals surface area contributed by atoms with Crippen LogP contribution in [-0.2, 0) is 23.8 Å². The van der Waals surface area contributed by atoms with Crippen molar-refractivity contribution >= 4 is 11.8 Å². The van der Waals surface area contributed by atoms with E-state index in [1.807, 2.05) is 0 Å². The van der Waals surface area contributed by atoms with Gasteiger partial charge >= 0.3 is 11.8 Å². The van der Waals surface area contributed by atoms with E-state index in [1.54, 1.807) is 0 Å². The molecule has 1 aliphatic carbocycles. The highest BCUT2D eigenvalue weighted by Gasteiger charge is 2.42. The van der Waals surface area contributed by atoms with Gasteiger partial charge in [-0.1, -0.05) is 6.42 Å². The van der Waals surface area contributed by atoms with Gasteiger partial charge in [-0.25, -0.2) is 0 Å². The molecule has 2 saturated heterocycles. The van der Waals surface area contributed by atoms with Crippen molar-refractivity contribution in [3.63, 3.8) is 0 Å². The van der Waals surface area contributed by atoms with Crippen LogP contribution in [0.4, 0.5) is 0 Å². The summed E-state index contributed by atoms with van der Waals surface area (Å²) in [6.07, 6.45) is 7.08. The minimum absolute atomic E-state index is 0.0319. The second-order valence-electron chi connectivity index (χ2n) is 6.58. The van der Waals surface area contributed by atoms with E-state index in [0.29, 0.717) is 19.7 Å². The van der Waals surface area contributed by atoms with Crippen molar-refractivity contribution in [3.05, 3.63) is 0 Å². The highest BCUT2D eigenvalue weighted by Crippen LogP contribution is 2.37. The molecule has 0 aromatic heterocycles. The van der Waals surface area contributed by atoms with Gasteiger partial charge < -0.3 is 24.8 Å². The van der Waals surface area contributed by atoms with Gasteiger partial charge in [-0.05, 0) is 25.7 Å². The fraction of sp³-hybridized carbons (Fsp3) is 0.875. The molecule has 2 atom stereocenters. The van der Waals surface area contributed by atoms with Gasteiger partial charge in [0.15, 0.2) is 5.79 Å². The molecular formula is C16H26N2O5. The molecule has 1 saturated carbocycles. The zero-order valence-electron chi connectivity index (χ0n) is 13.5. The quantitative estimate of drug-likeness (QED) is 0.734. The van der Waals surface area contributed by atoms with E-state index in [1.165, 1.54) is 6.42 Å². The molecule has 7 heteroatoms. The Morgan fingerprint density at radius 2 is 1.65 bits per heavy atom. The van der Waals surface area contributed by atoms with Gasteiger partial charge in [-0.3, -0.25) is 9.59 Å². The molecule has 0 bridgehead atoms. The summed E-state index contributed by atoms with van der Waals surface area (Å²) in [4.78, 5) is 23.6. The average molecular weight is 326 g/mol. The maximum Gasteiger partial charge on any atom is 0.309 e. The SMILES string of the molecule is O=C(NC[C@H]1CCCO1)C(=O)NC[C@@H]1COC2(CCCCC2)O1. The first kappa shape index (κ1) is 16.7. The van der Waals surface area contributed by atoms with Gasteiger partial charge in [0.2, 0.25) is 0 Å². The molecule has 0 unspecified atom stereocenters. The number of carbonyl (C=O) groups excluding carboxylic acids is 2. The smallest absolute Gasteiger partial charge is 0.309 e. The minimum Gasteiger partial charge on any atom is -0.376 e. The molecule has 0 radical (unpaired) electrons. The van der Waals surface area contributed by atoms with Gasteiger partial charge in [-0.2, -0.15) is 0 Å². The van der Waals surface area contributed by atoms with Crippen LogP contribution in [0.2, 0.25) is 0 Å². The first-order chi connectivity index (χ1) is 11.2. The van der Waals surface area contributed by atoms with Gasteiger partial charge in [0.25, 0.3) is 0 Å². The monoisotopic (exact) mass is 326 g/mol. The Morgan fingerprint density at radius 3 is 2.30 bits per heavy atom. The summed E-state index contributed by atoms with van der Waals surface area (Å²) in [6.45, 7) is 1.89. The average Bonchev–Trinajstić information content (AvgIpc) is 3.21. The Bertz CT molecular complexity index is 430. The summed E-state index contributed by atoms with van der Waals surface area (Å²) in [5, 5.41) is 5.23. The Hall–Kier alpha value is -1.18. The Labute approximate surface area is 136 Å². The summed E-state index contributed by atoms with van der Waals surface area (Å²) in [5.74, 6) is -1.70. The van der Waals surface area contributed by atoms with Gasteiger partial charge in [-0.15, -0.1) is 0 Å². The van der Waals surface area contributed by atoms with E-state index in [-0.39, 0.29) is 12.2 Å². The number of nitrogens with one attached hydrogen (secondary N) is 2. The molecule has 3 rings (SSSR count). The fourth-order valence-corrected chi connectivity index (χ4v) is 3.45. The molecule has 2 aliphatic heterocycles. The molecule has 0 aromatic carbocycles. The van der Waals surface area contributed by atoms with E-state index >= 15 is 0 Å². The van der Waals surface area contributed by atoms with Gasteiger partial charge in [0.1, 0.15) is 6.10 Å². The first-order valence-corrected chi connectivity index (χ1v) is 8.66. The molecule has 2 heterocycles. The van der Waals surface area contributed by atoms with Crippen molar-refractivity contribution in [1.82, 2.24) is 10.6 Å². The lowest BCUT2D eigenvalue weighted by molar-refractivity contribution is -0.186. The second-order valence-corrected chi connectivity index (χ2v) is 6.58. The number of ether oxygens (including phenoxy) is 3. The third kappa shape index (κ3) is 4.43. The number of amides is 2. The topological polar surface area (TPSA) is 85.9 Å². The number of rotatable bonds is 4. The van der Waals surface area contributed by atoms with Gasteiger partial charge in [0, 0.05) is 32.5 Å². The van der Waals surface area contributed by atoms with E-state index < -0.39 is 17.6 Å². The summed E-state index contributed by atoms with van der Waals surface area (Å²) >= 11 is 0. The highest BCUT2D eigenvalue weighted by atomic mass is 16.7. The summed E-state index contributed by atoms with van der Waals surface area (Å²) < 4.78 is 17.2. The van der Waals surface area contributed by atoms with Crippen LogP contribution in [0.3, 0.4) is 0 Å². The normalized spacial score (nSPS) is 29.6. The summed E-state index contributed by atoms with van der Waals surface area (Å²) in [5.41, 5.74) is 0. The van der Waals surface area contributed by atoms with E-state index in [0.717, 1.165) is 45.1 Å². The third-order valence-electron chi connectivity index (χ3n) is 4.74. The van der Waals surface area contributed by atoms with Crippen molar-refractivity contribution in [1.29, 1.82) is 0 Å². The standard InChI is InChI=1S/C16H26N2O5/c19-14(17-9-12-5-4-8-21-12)15(20)18-10-13-11-22-16(23-13)6-2-1-3-7-16/h12-13H,1-11H2,(H,17,19)(H,18,20)/t12-,13-/m1/s1. The van der Waals surface area contributed by atoms with E-state index in [2.05, 4.69) is 10.6 Å². The summed E-state index contributed by atoms with van der Waals surface area (Å²) in [7, 11) is 0. The minimum atomic E-state index is -0.629. The lowest BCUT2D eigenvalue weighted by atomic mass is 9.94. The van der Waals surface area contributed by atoms with Crippen LogP contribution in [0.1, 0.15) is 44.9 Å². The molecule has 3 aliphatic rings. The Morgan fingerprint density at radius 1 is 0.957 bits per heavy atom. The van der Waals surface area contributed by atoms with Crippen LogP contribution in [0.5, 0.6) is 0 Å². The lowest BCUT2D eigenvalue weighted by Gasteiger charge is -2.31. The Balaban J connectivity index is 1.34. The van der Waals surface area contributed by atoms with Gasteiger partial charge in [0.05, 0.1) is 12.7 Å². The van der Waals surface area contributed by atoms with Crippen LogP contribution in [0, 0.1) is 0 Å². The van der Waals surface area contributed by atoms with Crippen LogP contribution in [0.15, 0.2) is 0 Å². The van der Waals surface area contributed by atoms with Crippen molar-refractivity contribution < 1.29 is 23.8 Å². The zero-order valence-corrected chi connectivity index (χ0v) is 13.5. The van der Waals surface area contributed by atoms with Crippen molar-refractivity contribution in [2.45, 2.75) is 62.9 Å². The molecule has 2 amide bonds. The maximum atomic E-state index is 11.8. The molecule has 23 heavy (non-hydrogen) atoms. The molecule has 0 aromatic rings. The first-order valence-electron chi connectivity index (χ1n) is 8.66. The third-order valence-corrected chi connectivity index (χ3v) is 4.74. The van der Waals surface area contributed by atoms with Crippen LogP contribution in [0.25, 0.3) is 0 Å². The van der Waals surface area contributed by atoms with Crippen LogP contribution >= 0.6 is 0 Å². The van der Waals surface area contributed by atoms with Crippen molar-refractivity contribution in [2.24, 2.45) is 0 Å². The lowest BCUT2D eigenvalue weighted by Crippen LogP contribution is -2.45. The molecule has 2 N–H and O–H groups in total. The van der Waals surface area contributed by atoms with Crippen LogP contribution < -0.4 is 10.6 Å². The second kappa shape index (κ2) is 7.59. The maximum absolute atomic E-state index is 11.8. The van der Waals surface area contributed by atoms with Crippen LogP contribution in [-0.4, -0.2) is 56.1 Å². The Kier molecular flexibility index (Phi) is 5.50. The summed E-state index contributed by atoms with van der Waals surface area (Å²) in [6, 6.07) is 0. The molecule has 7 nitrogen and oxygen atoms in total. The molecular weight excluding hydrogens is 300 g/mol. The zero-order chi connectivity index (χ0) is 16.1. The van der Waals surface area contributed by atoms with E-state index in [9.17, 15) is 9.59 Å². The predicted octanol–water partition coefficient (Wildman–Crippen LogP) is 0.474. The predicted molar refractivity (Wildman–Crippen MR) is 81.6 cm³/mol. The van der Waals surface area contributed by atoms with E-state index in [4.69, 9.17) is 14.2 Å². The fourth-order valence-electron chi connectivity index (χ4n) is 3.45. The number of hydrogen-bond acceptors (Lipinski definition) is 5. The highest BCUT2D eigenvalue weighted by molar-refractivity contribution is 6.35. The molecule has 1 spiro atoms. The largest absolute Gasteiger partial charge is 0.376 e. The van der Waals surface area contributed by atoms with Crippen molar-refractivity contribution in [3.8, 4) is 0 Å².